The van der Waals surface area contributed by atoms with Crippen molar-refractivity contribution in [3.8, 4) is 0 Å². The first kappa shape index (κ1) is 11.1. The number of aromatic nitrogens is 2. The standard InChI is InChI=1S/C9H10Cl2N2O2/c1-5-12-8(10)6(9(11)13-5)4-7-14-2-3-15-7/h7H,2-4H2,1H3. The Morgan fingerprint density at radius 3 is 2.27 bits per heavy atom. The summed E-state index contributed by atoms with van der Waals surface area (Å²) in [5, 5.41) is 0.734. The summed E-state index contributed by atoms with van der Waals surface area (Å²) in [5.41, 5.74) is 0.677. The average Bonchev–Trinajstić information content (AvgIpc) is 2.63. The van der Waals surface area contributed by atoms with Gasteiger partial charge in [0.05, 0.1) is 13.2 Å². The fraction of sp³-hybridized carbons (Fsp3) is 0.556. The maximum atomic E-state index is 5.97. The highest BCUT2D eigenvalue weighted by molar-refractivity contribution is 6.34. The minimum Gasteiger partial charge on any atom is -0.350 e. The molecule has 1 aromatic rings. The van der Waals surface area contributed by atoms with Crippen LogP contribution in [0.2, 0.25) is 10.3 Å². The zero-order valence-electron chi connectivity index (χ0n) is 8.17. The highest BCUT2D eigenvalue weighted by Crippen LogP contribution is 2.24. The van der Waals surface area contributed by atoms with Gasteiger partial charge in [-0.05, 0) is 6.92 Å². The molecule has 2 heterocycles. The molecule has 82 valence electrons. The first-order valence-electron chi connectivity index (χ1n) is 4.58. The highest BCUT2D eigenvalue weighted by Gasteiger charge is 2.20. The summed E-state index contributed by atoms with van der Waals surface area (Å²) < 4.78 is 10.6. The van der Waals surface area contributed by atoms with Crippen LogP contribution in [-0.4, -0.2) is 29.5 Å². The van der Waals surface area contributed by atoms with E-state index in [2.05, 4.69) is 9.97 Å². The molecule has 0 aromatic carbocycles. The lowest BCUT2D eigenvalue weighted by molar-refractivity contribution is -0.0400. The Hall–Kier alpha value is -0.420. The van der Waals surface area contributed by atoms with E-state index in [1.54, 1.807) is 6.92 Å². The van der Waals surface area contributed by atoms with Crippen molar-refractivity contribution in [1.29, 1.82) is 0 Å². The van der Waals surface area contributed by atoms with E-state index in [9.17, 15) is 0 Å². The molecule has 0 aliphatic carbocycles. The van der Waals surface area contributed by atoms with Crippen molar-refractivity contribution in [3.63, 3.8) is 0 Å². The van der Waals surface area contributed by atoms with Crippen molar-refractivity contribution in [3.05, 3.63) is 21.7 Å². The Kier molecular flexibility index (Phi) is 3.41. The van der Waals surface area contributed by atoms with Crippen molar-refractivity contribution in [2.24, 2.45) is 0 Å². The van der Waals surface area contributed by atoms with Crippen LogP contribution < -0.4 is 0 Å². The normalized spacial score (nSPS) is 17.3. The molecule has 0 radical (unpaired) electrons. The summed E-state index contributed by atoms with van der Waals surface area (Å²) in [7, 11) is 0. The van der Waals surface area contributed by atoms with Crippen LogP contribution in [0.25, 0.3) is 0 Å². The van der Waals surface area contributed by atoms with Crippen molar-refractivity contribution >= 4 is 23.2 Å². The zero-order valence-corrected chi connectivity index (χ0v) is 9.68. The molecule has 0 atom stereocenters. The fourth-order valence-corrected chi connectivity index (χ4v) is 2.02. The van der Waals surface area contributed by atoms with Crippen molar-refractivity contribution in [1.82, 2.24) is 9.97 Å². The van der Waals surface area contributed by atoms with Crippen LogP contribution in [0.15, 0.2) is 0 Å². The van der Waals surface area contributed by atoms with E-state index >= 15 is 0 Å². The van der Waals surface area contributed by atoms with Gasteiger partial charge in [-0.2, -0.15) is 0 Å². The third kappa shape index (κ3) is 2.58. The molecular weight excluding hydrogens is 239 g/mol. The largest absolute Gasteiger partial charge is 0.350 e. The summed E-state index contributed by atoms with van der Waals surface area (Å²) in [4.78, 5) is 8.07. The molecule has 1 aliphatic heterocycles. The zero-order chi connectivity index (χ0) is 10.8. The predicted octanol–water partition coefficient (Wildman–Crippen LogP) is 2.01. The maximum absolute atomic E-state index is 5.97. The van der Waals surface area contributed by atoms with Gasteiger partial charge >= 0.3 is 0 Å². The molecule has 0 saturated carbocycles. The smallest absolute Gasteiger partial charge is 0.162 e. The number of hydrogen-bond donors (Lipinski definition) is 0. The van der Waals surface area contributed by atoms with E-state index in [4.69, 9.17) is 32.7 Å². The molecule has 1 saturated heterocycles. The summed E-state index contributed by atoms with van der Waals surface area (Å²) in [5.74, 6) is 0.557. The molecule has 1 aromatic heterocycles. The Morgan fingerprint density at radius 1 is 1.20 bits per heavy atom. The Labute approximate surface area is 97.5 Å². The molecule has 0 amide bonds. The number of nitrogens with zero attached hydrogens (tertiary/aromatic N) is 2. The van der Waals surface area contributed by atoms with Gasteiger partial charge in [-0.25, -0.2) is 9.97 Å². The van der Waals surface area contributed by atoms with Gasteiger partial charge in [-0.3, -0.25) is 0 Å². The van der Waals surface area contributed by atoms with Crippen LogP contribution in [0.5, 0.6) is 0 Å². The van der Waals surface area contributed by atoms with Gasteiger partial charge < -0.3 is 9.47 Å². The van der Waals surface area contributed by atoms with Gasteiger partial charge in [0.15, 0.2) is 6.29 Å². The first-order valence-corrected chi connectivity index (χ1v) is 5.34. The second-order valence-corrected chi connectivity index (χ2v) is 3.92. The van der Waals surface area contributed by atoms with Crippen LogP contribution in [-0.2, 0) is 15.9 Å². The number of halogens is 2. The number of ether oxygens (including phenoxy) is 2. The van der Waals surface area contributed by atoms with E-state index in [1.807, 2.05) is 0 Å². The third-order valence-electron chi connectivity index (χ3n) is 2.08. The molecule has 15 heavy (non-hydrogen) atoms. The van der Waals surface area contributed by atoms with E-state index in [0.717, 1.165) is 0 Å². The molecule has 1 fully saturated rings. The summed E-state index contributed by atoms with van der Waals surface area (Å²) in [6, 6.07) is 0. The summed E-state index contributed by atoms with van der Waals surface area (Å²) in [6.45, 7) is 2.95. The summed E-state index contributed by atoms with van der Waals surface area (Å²) in [6.07, 6.45) is 0.198. The van der Waals surface area contributed by atoms with Crippen molar-refractivity contribution in [2.75, 3.05) is 13.2 Å². The monoisotopic (exact) mass is 248 g/mol. The minimum absolute atomic E-state index is 0.286. The Bertz CT molecular complexity index is 344. The average molecular weight is 249 g/mol. The van der Waals surface area contributed by atoms with E-state index in [-0.39, 0.29) is 6.29 Å². The fourth-order valence-electron chi connectivity index (χ4n) is 1.39. The number of rotatable bonds is 2. The van der Waals surface area contributed by atoms with Crippen LogP contribution in [0.4, 0.5) is 0 Å². The molecule has 0 N–H and O–H groups in total. The molecule has 0 bridgehead atoms. The lowest BCUT2D eigenvalue weighted by atomic mass is 10.2. The second kappa shape index (κ2) is 4.61. The lowest BCUT2D eigenvalue weighted by Crippen LogP contribution is -2.13. The van der Waals surface area contributed by atoms with E-state index in [0.29, 0.717) is 41.3 Å². The SMILES string of the molecule is Cc1nc(Cl)c(CC2OCCO2)c(Cl)n1. The van der Waals surface area contributed by atoms with Crippen molar-refractivity contribution < 1.29 is 9.47 Å². The maximum Gasteiger partial charge on any atom is 0.162 e. The second-order valence-electron chi connectivity index (χ2n) is 3.21. The summed E-state index contributed by atoms with van der Waals surface area (Å²) >= 11 is 11.9. The topological polar surface area (TPSA) is 44.2 Å². The van der Waals surface area contributed by atoms with Gasteiger partial charge in [0.25, 0.3) is 0 Å². The highest BCUT2D eigenvalue weighted by atomic mass is 35.5. The van der Waals surface area contributed by atoms with E-state index in [1.165, 1.54) is 0 Å². The van der Waals surface area contributed by atoms with Gasteiger partial charge in [-0.15, -0.1) is 0 Å². The van der Waals surface area contributed by atoms with Crippen LogP contribution in [0.3, 0.4) is 0 Å². The van der Waals surface area contributed by atoms with Gasteiger partial charge in [-0.1, -0.05) is 23.2 Å². The van der Waals surface area contributed by atoms with Crippen LogP contribution in [0.1, 0.15) is 11.4 Å². The quantitative estimate of drug-likeness (QED) is 0.752. The predicted molar refractivity (Wildman–Crippen MR) is 56.2 cm³/mol. The van der Waals surface area contributed by atoms with E-state index < -0.39 is 0 Å². The molecule has 0 unspecified atom stereocenters. The van der Waals surface area contributed by atoms with Gasteiger partial charge in [0.1, 0.15) is 16.1 Å². The minimum atomic E-state index is -0.286. The van der Waals surface area contributed by atoms with Gasteiger partial charge in [0, 0.05) is 12.0 Å². The van der Waals surface area contributed by atoms with Crippen LogP contribution in [0, 0.1) is 6.92 Å². The van der Waals surface area contributed by atoms with Crippen LogP contribution >= 0.6 is 23.2 Å². The third-order valence-corrected chi connectivity index (χ3v) is 2.70. The molecule has 1 aliphatic rings. The number of aryl methyl sites for hydroxylation is 1. The molecule has 6 heteroatoms. The number of hydrogen-bond acceptors (Lipinski definition) is 4. The Morgan fingerprint density at radius 2 is 1.73 bits per heavy atom. The molecule has 0 spiro atoms. The molecule has 2 rings (SSSR count). The molecular formula is C9H10Cl2N2O2. The lowest BCUT2D eigenvalue weighted by Gasteiger charge is -2.11. The Balaban J connectivity index is 2.19. The molecule has 4 nitrogen and oxygen atoms in total. The van der Waals surface area contributed by atoms with Crippen molar-refractivity contribution in [2.45, 2.75) is 19.6 Å². The first-order chi connectivity index (χ1) is 7.16. The van der Waals surface area contributed by atoms with Gasteiger partial charge in [0.2, 0.25) is 0 Å².